The topological polar surface area (TPSA) is 26.3 Å². The van der Waals surface area contributed by atoms with Crippen LogP contribution in [0.1, 0.15) is 47.9 Å². The Labute approximate surface area is 143 Å². The molecule has 2 atom stereocenters. The molecule has 1 saturated heterocycles. The number of cyclic esters (lactones) is 1. The summed E-state index contributed by atoms with van der Waals surface area (Å²) in [6.45, 7) is 4.18. The molecular formula is C22H24O2. The van der Waals surface area contributed by atoms with Gasteiger partial charge >= 0.3 is 5.97 Å². The Morgan fingerprint density at radius 1 is 0.833 bits per heavy atom. The summed E-state index contributed by atoms with van der Waals surface area (Å²) in [6.07, 6.45) is 4.33. The molecule has 1 aliphatic carbocycles. The van der Waals surface area contributed by atoms with Crippen molar-refractivity contribution in [3.63, 3.8) is 0 Å². The number of carbonyl (C=O) groups is 1. The number of fused-ring (bicyclic) bond motifs is 1. The first kappa shape index (κ1) is 15.4. The summed E-state index contributed by atoms with van der Waals surface area (Å²) in [5, 5.41) is 0. The van der Waals surface area contributed by atoms with E-state index in [1.165, 1.54) is 17.5 Å². The SMILES string of the molecule is Cc1ccc(C2(c3ccc(C)cc3)OC(=O)C3CCCCC32)cc1. The van der Waals surface area contributed by atoms with Crippen molar-refractivity contribution in [2.75, 3.05) is 0 Å². The third kappa shape index (κ3) is 2.28. The van der Waals surface area contributed by atoms with E-state index in [0.29, 0.717) is 0 Å². The highest BCUT2D eigenvalue weighted by molar-refractivity contribution is 5.77. The quantitative estimate of drug-likeness (QED) is 0.735. The summed E-state index contributed by atoms with van der Waals surface area (Å²) < 4.78 is 6.21. The van der Waals surface area contributed by atoms with Crippen molar-refractivity contribution in [1.29, 1.82) is 0 Å². The number of aryl methyl sites for hydroxylation is 2. The van der Waals surface area contributed by atoms with Crippen molar-refractivity contribution in [2.45, 2.75) is 45.1 Å². The van der Waals surface area contributed by atoms with Gasteiger partial charge in [0, 0.05) is 17.0 Å². The van der Waals surface area contributed by atoms with E-state index in [1.54, 1.807) is 0 Å². The van der Waals surface area contributed by atoms with E-state index in [2.05, 4.69) is 62.4 Å². The van der Waals surface area contributed by atoms with Crippen LogP contribution in [0.15, 0.2) is 48.5 Å². The third-order valence-electron chi connectivity index (χ3n) is 5.81. The van der Waals surface area contributed by atoms with E-state index < -0.39 is 5.60 Å². The molecule has 24 heavy (non-hydrogen) atoms. The standard InChI is InChI=1S/C22H24O2/c1-15-7-11-17(12-8-15)22(18-13-9-16(2)10-14-18)20-6-4-3-5-19(20)21(23)24-22/h7-14,19-20H,3-6H2,1-2H3. The highest BCUT2D eigenvalue weighted by atomic mass is 16.6. The molecule has 1 saturated carbocycles. The lowest BCUT2D eigenvalue weighted by Crippen LogP contribution is -2.37. The molecule has 4 rings (SSSR count). The molecule has 2 unspecified atom stereocenters. The maximum Gasteiger partial charge on any atom is 0.310 e. The van der Waals surface area contributed by atoms with E-state index in [-0.39, 0.29) is 17.8 Å². The molecule has 1 heterocycles. The van der Waals surface area contributed by atoms with Gasteiger partial charge in [0.05, 0.1) is 5.92 Å². The first-order chi connectivity index (χ1) is 11.6. The second-order valence-corrected chi connectivity index (χ2v) is 7.39. The first-order valence-corrected chi connectivity index (χ1v) is 8.98. The fraction of sp³-hybridized carbons (Fsp3) is 0.409. The number of carbonyl (C=O) groups excluding carboxylic acids is 1. The lowest BCUT2D eigenvalue weighted by atomic mass is 9.67. The number of ether oxygens (including phenoxy) is 1. The maximum absolute atomic E-state index is 12.7. The van der Waals surface area contributed by atoms with E-state index in [9.17, 15) is 4.79 Å². The monoisotopic (exact) mass is 320 g/mol. The van der Waals surface area contributed by atoms with Crippen molar-refractivity contribution in [3.8, 4) is 0 Å². The van der Waals surface area contributed by atoms with Gasteiger partial charge in [-0.2, -0.15) is 0 Å². The van der Waals surface area contributed by atoms with Crippen molar-refractivity contribution >= 4 is 5.97 Å². The van der Waals surface area contributed by atoms with Crippen LogP contribution in [-0.4, -0.2) is 5.97 Å². The van der Waals surface area contributed by atoms with Gasteiger partial charge in [-0.3, -0.25) is 4.79 Å². The van der Waals surface area contributed by atoms with Crippen molar-refractivity contribution < 1.29 is 9.53 Å². The van der Waals surface area contributed by atoms with Gasteiger partial charge in [-0.05, 0) is 26.7 Å². The van der Waals surface area contributed by atoms with Crippen LogP contribution in [0.4, 0.5) is 0 Å². The Hall–Kier alpha value is -2.09. The second kappa shape index (κ2) is 5.77. The number of hydrogen-bond acceptors (Lipinski definition) is 2. The molecule has 2 aromatic rings. The lowest BCUT2D eigenvalue weighted by molar-refractivity contribution is -0.149. The van der Waals surface area contributed by atoms with E-state index in [4.69, 9.17) is 4.74 Å². The zero-order valence-corrected chi connectivity index (χ0v) is 14.4. The average molecular weight is 320 g/mol. The van der Waals surface area contributed by atoms with Gasteiger partial charge in [0.15, 0.2) is 5.60 Å². The summed E-state index contributed by atoms with van der Waals surface area (Å²) in [4.78, 5) is 12.7. The second-order valence-electron chi connectivity index (χ2n) is 7.39. The fourth-order valence-corrected chi connectivity index (χ4v) is 4.52. The predicted octanol–water partition coefficient (Wildman–Crippen LogP) is 4.91. The van der Waals surface area contributed by atoms with Gasteiger partial charge in [0.1, 0.15) is 0 Å². The molecule has 0 bridgehead atoms. The molecule has 1 aliphatic heterocycles. The average Bonchev–Trinajstić information content (AvgIpc) is 2.91. The van der Waals surface area contributed by atoms with Crippen LogP contribution in [0.5, 0.6) is 0 Å². The van der Waals surface area contributed by atoms with Crippen LogP contribution in [0.2, 0.25) is 0 Å². The minimum absolute atomic E-state index is 0.0131. The van der Waals surface area contributed by atoms with Crippen LogP contribution in [0.3, 0.4) is 0 Å². The lowest BCUT2D eigenvalue weighted by Gasteiger charge is -2.37. The molecule has 0 radical (unpaired) electrons. The molecule has 2 aliphatic rings. The summed E-state index contributed by atoms with van der Waals surface area (Å²) in [7, 11) is 0. The molecule has 2 fully saturated rings. The van der Waals surface area contributed by atoms with Gasteiger partial charge in [0.25, 0.3) is 0 Å². The molecule has 2 nitrogen and oxygen atoms in total. The molecule has 124 valence electrons. The van der Waals surface area contributed by atoms with Crippen molar-refractivity contribution in [3.05, 3.63) is 70.8 Å². The summed E-state index contributed by atoms with van der Waals surface area (Å²) in [5.74, 6) is 0.270. The normalized spacial score (nSPS) is 25.2. The van der Waals surface area contributed by atoms with Crippen LogP contribution in [0, 0.1) is 25.7 Å². The van der Waals surface area contributed by atoms with E-state index >= 15 is 0 Å². The molecule has 0 spiro atoms. The maximum atomic E-state index is 12.7. The van der Waals surface area contributed by atoms with Crippen LogP contribution >= 0.6 is 0 Å². The molecule has 0 aromatic heterocycles. The Morgan fingerprint density at radius 2 is 1.33 bits per heavy atom. The smallest absolute Gasteiger partial charge is 0.310 e. The molecule has 0 amide bonds. The van der Waals surface area contributed by atoms with Crippen LogP contribution in [-0.2, 0) is 15.1 Å². The fourth-order valence-electron chi connectivity index (χ4n) is 4.52. The highest BCUT2D eigenvalue weighted by Crippen LogP contribution is 2.54. The molecule has 0 N–H and O–H groups in total. The Morgan fingerprint density at radius 3 is 1.88 bits per heavy atom. The van der Waals surface area contributed by atoms with Gasteiger partial charge in [-0.15, -0.1) is 0 Å². The number of benzene rings is 2. The third-order valence-corrected chi connectivity index (χ3v) is 5.81. The minimum atomic E-state index is -0.621. The Bertz CT molecular complexity index is 697. The number of rotatable bonds is 2. The zero-order chi connectivity index (χ0) is 16.7. The summed E-state index contributed by atoms with van der Waals surface area (Å²) >= 11 is 0. The summed E-state index contributed by atoms with van der Waals surface area (Å²) in [5.41, 5.74) is 4.05. The van der Waals surface area contributed by atoms with Gasteiger partial charge in [0.2, 0.25) is 0 Å². The van der Waals surface area contributed by atoms with E-state index in [0.717, 1.165) is 30.4 Å². The van der Waals surface area contributed by atoms with Crippen molar-refractivity contribution in [2.24, 2.45) is 11.8 Å². The van der Waals surface area contributed by atoms with Gasteiger partial charge in [-0.1, -0.05) is 72.5 Å². The first-order valence-electron chi connectivity index (χ1n) is 8.98. The predicted molar refractivity (Wildman–Crippen MR) is 94.7 cm³/mol. The van der Waals surface area contributed by atoms with Gasteiger partial charge < -0.3 is 4.74 Å². The highest BCUT2D eigenvalue weighted by Gasteiger charge is 2.57. The molecule has 2 heteroatoms. The molecule has 2 aromatic carbocycles. The molecular weight excluding hydrogens is 296 g/mol. The summed E-state index contributed by atoms with van der Waals surface area (Å²) in [6, 6.07) is 17.0. The zero-order valence-electron chi connectivity index (χ0n) is 14.4. The minimum Gasteiger partial charge on any atom is -0.449 e. The largest absolute Gasteiger partial charge is 0.449 e. The van der Waals surface area contributed by atoms with Crippen molar-refractivity contribution in [1.82, 2.24) is 0 Å². The van der Waals surface area contributed by atoms with Crippen LogP contribution in [0.25, 0.3) is 0 Å². The van der Waals surface area contributed by atoms with E-state index in [1.807, 2.05) is 0 Å². The number of esters is 1. The van der Waals surface area contributed by atoms with Gasteiger partial charge in [-0.25, -0.2) is 0 Å². The Kier molecular flexibility index (Phi) is 3.71. The van der Waals surface area contributed by atoms with Crippen LogP contribution < -0.4 is 0 Å². The Balaban J connectivity index is 1.91. The number of hydrogen-bond donors (Lipinski definition) is 0.